The SMILES string of the molecule is Cc1nc2ccc(C(C)CCN)cc2[nH]1. The first-order valence-electron chi connectivity index (χ1n) is 5.37. The van der Waals surface area contributed by atoms with Gasteiger partial charge in [0.1, 0.15) is 5.82 Å². The number of benzene rings is 1. The molecular formula is C12H17N3. The number of nitrogens with two attached hydrogens (primary N) is 1. The maximum absolute atomic E-state index is 5.56. The molecule has 0 amide bonds. The van der Waals surface area contributed by atoms with Crippen molar-refractivity contribution < 1.29 is 0 Å². The van der Waals surface area contributed by atoms with Crippen LogP contribution in [0.1, 0.15) is 30.7 Å². The highest BCUT2D eigenvalue weighted by Crippen LogP contribution is 2.22. The van der Waals surface area contributed by atoms with E-state index in [1.807, 2.05) is 6.92 Å². The molecule has 2 aromatic rings. The average molecular weight is 203 g/mol. The van der Waals surface area contributed by atoms with Crippen molar-refractivity contribution in [3.63, 3.8) is 0 Å². The van der Waals surface area contributed by atoms with Gasteiger partial charge in [-0.2, -0.15) is 0 Å². The first kappa shape index (κ1) is 10.2. The molecule has 15 heavy (non-hydrogen) atoms. The third-order valence-corrected chi connectivity index (χ3v) is 2.79. The van der Waals surface area contributed by atoms with E-state index < -0.39 is 0 Å². The molecule has 0 saturated carbocycles. The van der Waals surface area contributed by atoms with E-state index in [4.69, 9.17) is 5.73 Å². The van der Waals surface area contributed by atoms with Gasteiger partial charge in [0.05, 0.1) is 11.0 Å². The summed E-state index contributed by atoms with van der Waals surface area (Å²) >= 11 is 0. The molecule has 80 valence electrons. The molecule has 1 aromatic heterocycles. The van der Waals surface area contributed by atoms with Crippen molar-refractivity contribution in [2.45, 2.75) is 26.2 Å². The zero-order chi connectivity index (χ0) is 10.8. The molecule has 0 fully saturated rings. The highest BCUT2D eigenvalue weighted by atomic mass is 14.9. The van der Waals surface area contributed by atoms with Crippen LogP contribution in [0.3, 0.4) is 0 Å². The second-order valence-corrected chi connectivity index (χ2v) is 4.08. The molecule has 3 nitrogen and oxygen atoms in total. The summed E-state index contributed by atoms with van der Waals surface area (Å²) in [4.78, 5) is 7.63. The van der Waals surface area contributed by atoms with Crippen molar-refractivity contribution in [3.8, 4) is 0 Å². The van der Waals surface area contributed by atoms with Crippen molar-refractivity contribution in [2.24, 2.45) is 5.73 Å². The van der Waals surface area contributed by atoms with Crippen LogP contribution in [0.15, 0.2) is 18.2 Å². The number of aromatic nitrogens is 2. The second kappa shape index (κ2) is 4.03. The molecule has 1 heterocycles. The van der Waals surface area contributed by atoms with E-state index in [1.54, 1.807) is 0 Å². The van der Waals surface area contributed by atoms with Gasteiger partial charge >= 0.3 is 0 Å². The smallest absolute Gasteiger partial charge is 0.104 e. The van der Waals surface area contributed by atoms with Gasteiger partial charge in [-0.25, -0.2) is 4.98 Å². The minimum Gasteiger partial charge on any atom is -0.342 e. The fraction of sp³-hybridized carbons (Fsp3) is 0.417. The van der Waals surface area contributed by atoms with Gasteiger partial charge in [0.15, 0.2) is 0 Å². The molecule has 0 aliphatic rings. The predicted octanol–water partition coefficient (Wildman–Crippen LogP) is 2.32. The van der Waals surface area contributed by atoms with E-state index >= 15 is 0 Å². The number of hydrogen-bond donors (Lipinski definition) is 2. The lowest BCUT2D eigenvalue weighted by Gasteiger charge is -2.09. The van der Waals surface area contributed by atoms with E-state index in [2.05, 4.69) is 35.1 Å². The van der Waals surface area contributed by atoms with Gasteiger partial charge in [0, 0.05) is 0 Å². The van der Waals surface area contributed by atoms with Crippen molar-refractivity contribution in [1.82, 2.24) is 9.97 Å². The Morgan fingerprint density at radius 2 is 2.27 bits per heavy atom. The molecule has 0 spiro atoms. The summed E-state index contributed by atoms with van der Waals surface area (Å²) < 4.78 is 0. The monoisotopic (exact) mass is 203 g/mol. The normalized spacial score (nSPS) is 13.3. The Bertz CT molecular complexity index is 459. The number of aryl methyl sites for hydroxylation is 1. The number of imidazole rings is 1. The highest BCUT2D eigenvalue weighted by Gasteiger charge is 2.06. The van der Waals surface area contributed by atoms with Gasteiger partial charge in [-0.3, -0.25) is 0 Å². The van der Waals surface area contributed by atoms with Gasteiger partial charge in [0.2, 0.25) is 0 Å². The molecular weight excluding hydrogens is 186 g/mol. The number of hydrogen-bond acceptors (Lipinski definition) is 2. The minimum atomic E-state index is 0.517. The largest absolute Gasteiger partial charge is 0.342 e. The molecule has 2 rings (SSSR count). The Balaban J connectivity index is 2.37. The lowest BCUT2D eigenvalue weighted by Crippen LogP contribution is -2.04. The summed E-state index contributed by atoms with van der Waals surface area (Å²) in [5, 5.41) is 0. The predicted molar refractivity (Wildman–Crippen MR) is 62.9 cm³/mol. The summed E-state index contributed by atoms with van der Waals surface area (Å²) in [6, 6.07) is 6.39. The van der Waals surface area contributed by atoms with Crippen molar-refractivity contribution >= 4 is 11.0 Å². The van der Waals surface area contributed by atoms with Crippen LogP contribution in [-0.4, -0.2) is 16.5 Å². The Kier molecular flexibility index (Phi) is 2.73. The Labute approximate surface area is 89.7 Å². The van der Waals surface area contributed by atoms with Crippen LogP contribution in [0.5, 0.6) is 0 Å². The number of rotatable bonds is 3. The number of fused-ring (bicyclic) bond motifs is 1. The molecule has 0 radical (unpaired) electrons. The molecule has 3 N–H and O–H groups in total. The van der Waals surface area contributed by atoms with Crippen LogP contribution in [0.25, 0.3) is 11.0 Å². The van der Waals surface area contributed by atoms with Gasteiger partial charge in [-0.05, 0) is 43.5 Å². The molecule has 1 atom stereocenters. The quantitative estimate of drug-likeness (QED) is 0.804. The van der Waals surface area contributed by atoms with Crippen molar-refractivity contribution in [1.29, 1.82) is 0 Å². The van der Waals surface area contributed by atoms with E-state index in [0.717, 1.165) is 29.8 Å². The fourth-order valence-corrected chi connectivity index (χ4v) is 1.88. The van der Waals surface area contributed by atoms with E-state index in [0.29, 0.717) is 5.92 Å². The molecule has 0 saturated heterocycles. The lowest BCUT2D eigenvalue weighted by molar-refractivity contribution is 0.691. The number of aromatic amines is 1. The molecule has 0 bridgehead atoms. The maximum atomic E-state index is 5.56. The highest BCUT2D eigenvalue weighted by molar-refractivity contribution is 5.75. The maximum Gasteiger partial charge on any atom is 0.104 e. The van der Waals surface area contributed by atoms with Crippen LogP contribution >= 0.6 is 0 Å². The van der Waals surface area contributed by atoms with Crippen LogP contribution in [0, 0.1) is 6.92 Å². The van der Waals surface area contributed by atoms with Crippen LogP contribution in [0.4, 0.5) is 0 Å². The van der Waals surface area contributed by atoms with Gasteiger partial charge < -0.3 is 10.7 Å². The number of nitrogens with one attached hydrogen (secondary N) is 1. The molecule has 0 aliphatic carbocycles. The standard InChI is InChI=1S/C12H17N3/c1-8(5-6-13)10-3-4-11-12(7-10)15-9(2)14-11/h3-4,7-8H,5-6,13H2,1-2H3,(H,14,15). The third kappa shape index (κ3) is 2.02. The van der Waals surface area contributed by atoms with Crippen LogP contribution < -0.4 is 5.73 Å². The number of nitrogens with zero attached hydrogens (tertiary/aromatic N) is 1. The van der Waals surface area contributed by atoms with Gasteiger partial charge in [-0.1, -0.05) is 13.0 Å². The van der Waals surface area contributed by atoms with Crippen molar-refractivity contribution in [3.05, 3.63) is 29.6 Å². The van der Waals surface area contributed by atoms with E-state index in [-0.39, 0.29) is 0 Å². The van der Waals surface area contributed by atoms with Gasteiger partial charge in [0.25, 0.3) is 0 Å². The van der Waals surface area contributed by atoms with Crippen LogP contribution in [-0.2, 0) is 0 Å². The summed E-state index contributed by atoms with van der Waals surface area (Å²) in [5.41, 5.74) is 9.05. The summed E-state index contributed by atoms with van der Waals surface area (Å²) in [5.74, 6) is 1.48. The van der Waals surface area contributed by atoms with Crippen LogP contribution in [0.2, 0.25) is 0 Å². The zero-order valence-corrected chi connectivity index (χ0v) is 9.25. The molecule has 3 heteroatoms. The topological polar surface area (TPSA) is 54.7 Å². The summed E-state index contributed by atoms with van der Waals surface area (Å²) in [6.07, 6.45) is 1.03. The Hall–Kier alpha value is -1.35. The lowest BCUT2D eigenvalue weighted by atomic mass is 9.97. The molecule has 1 unspecified atom stereocenters. The zero-order valence-electron chi connectivity index (χ0n) is 9.25. The fourth-order valence-electron chi connectivity index (χ4n) is 1.88. The van der Waals surface area contributed by atoms with Crippen molar-refractivity contribution in [2.75, 3.05) is 6.54 Å². The average Bonchev–Trinajstić information content (AvgIpc) is 2.57. The molecule has 1 aromatic carbocycles. The summed E-state index contributed by atoms with van der Waals surface area (Å²) in [6.45, 7) is 4.92. The minimum absolute atomic E-state index is 0.517. The van der Waals surface area contributed by atoms with E-state index in [1.165, 1.54) is 5.56 Å². The molecule has 0 aliphatic heterocycles. The second-order valence-electron chi connectivity index (χ2n) is 4.08. The first-order chi connectivity index (χ1) is 7.20. The van der Waals surface area contributed by atoms with E-state index in [9.17, 15) is 0 Å². The number of H-pyrrole nitrogens is 1. The first-order valence-corrected chi connectivity index (χ1v) is 5.37. The van der Waals surface area contributed by atoms with Gasteiger partial charge in [-0.15, -0.1) is 0 Å². The Morgan fingerprint density at radius 1 is 1.47 bits per heavy atom. The Morgan fingerprint density at radius 3 is 3.00 bits per heavy atom. The summed E-state index contributed by atoms with van der Waals surface area (Å²) in [7, 11) is 0. The third-order valence-electron chi connectivity index (χ3n) is 2.79.